The summed E-state index contributed by atoms with van der Waals surface area (Å²) in [6, 6.07) is 6.09. The number of hydrogen-bond donors (Lipinski definition) is 2. The summed E-state index contributed by atoms with van der Waals surface area (Å²) in [4.78, 5) is 19.1. The number of nitrogens with two attached hydrogens (primary N) is 1. The first-order valence-corrected chi connectivity index (χ1v) is 12.7. The van der Waals surface area contributed by atoms with Crippen molar-refractivity contribution in [1.29, 1.82) is 0 Å². The highest BCUT2D eigenvalue weighted by Crippen LogP contribution is 2.42. The molecule has 3 aliphatic rings. The van der Waals surface area contributed by atoms with Gasteiger partial charge in [-0.2, -0.15) is 10.2 Å². The summed E-state index contributed by atoms with van der Waals surface area (Å²) in [5.41, 5.74) is 10.1. The lowest BCUT2D eigenvalue weighted by Crippen LogP contribution is -2.50. The number of hydrogen-bond acceptors (Lipinski definition) is 9. The summed E-state index contributed by atoms with van der Waals surface area (Å²) in [7, 11) is 0. The minimum Gasteiger partial charge on any atom is -0.376 e. The minimum atomic E-state index is 0.0849. The molecule has 2 fully saturated rings. The van der Waals surface area contributed by atoms with E-state index in [0.717, 1.165) is 86.3 Å². The van der Waals surface area contributed by atoms with E-state index in [4.69, 9.17) is 25.4 Å². The van der Waals surface area contributed by atoms with Crippen LogP contribution >= 0.6 is 0 Å². The molecule has 0 saturated carbocycles. The topological polar surface area (TPSA) is 127 Å². The molecule has 2 atom stereocenters. The Kier molecular flexibility index (Phi) is 4.97. The first-order valence-electron chi connectivity index (χ1n) is 12.7. The van der Waals surface area contributed by atoms with Crippen LogP contribution in [-0.2, 0) is 11.2 Å². The van der Waals surface area contributed by atoms with Crippen LogP contribution in [-0.4, -0.2) is 73.3 Å². The average Bonchev–Trinajstić information content (AvgIpc) is 3.66. The molecule has 0 bridgehead atoms. The number of rotatable bonds is 3. The van der Waals surface area contributed by atoms with E-state index in [2.05, 4.69) is 38.1 Å². The zero-order chi connectivity index (χ0) is 24.3. The van der Waals surface area contributed by atoms with E-state index in [9.17, 15) is 0 Å². The van der Waals surface area contributed by atoms with E-state index < -0.39 is 0 Å². The van der Waals surface area contributed by atoms with Crippen LogP contribution in [0, 0.1) is 5.41 Å². The molecule has 4 aromatic rings. The molecule has 36 heavy (non-hydrogen) atoms. The highest BCUT2D eigenvalue weighted by atomic mass is 16.5. The number of aromatic amines is 1. The van der Waals surface area contributed by atoms with Crippen molar-refractivity contribution in [1.82, 2.24) is 34.9 Å². The molecule has 11 nitrogen and oxygen atoms in total. The maximum absolute atomic E-state index is 6.49. The average molecular weight is 487 g/mol. The van der Waals surface area contributed by atoms with Crippen molar-refractivity contribution in [2.24, 2.45) is 11.1 Å². The molecule has 186 valence electrons. The Labute approximate surface area is 208 Å². The first kappa shape index (κ1) is 21.7. The van der Waals surface area contributed by atoms with Gasteiger partial charge in [0.25, 0.3) is 0 Å². The molecule has 0 aromatic carbocycles. The summed E-state index contributed by atoms with van der Waals surface area (Å²) in [5, 5.41) is 12.1. The van der Waals surface area contributed by atoms with Crippen LogP contribution in [0.15, 0.2) is 36.8 Å². The largest absolute Gasteiger partial charge is 0.376 e. The molecule has 0 amide bonds. The van der Waals surface area contributed by atoms with Crippen molar-refractivity contribution in [3.8, 4) is 5.82 Å². The van der Waals surface area contributed by atoms with Gasteiger partial charge in [-0.3, -0.25) is 5.10 Å². The van der Waals surface area contributed by atoms with E-state index in [1.165, 1.54) is 0 Å². The Hall–Kier alpha value is -3.57. The van der Waals surface area contributed by atoms with Crippen molar-refractivity contribution in [2.75, 3.05) is 36.0 Å². The van der Waals surface area contributed by atoms with E-state index in [-0.39, 0.29) is 17.6 Å². The summed E-state index contributed by atoms with van der Waals surface area (Å²) in [6.07, 6.45) is 9.58. The summed E-state index contributed by atoms with van der Waals surface area (Å²) < 4.78 is 7.65. The van der Waals surface area contributed by atoms with Gasteiger partial charge >= 0.3 is 0 Å². The molecule has 7 rings (SSSR count). The van der Waals surface area contributed by atoms with Gasteiger partial charge in [0.15, 0.2) is 22.8 Å². The van der Waals surface area contributed by atoms with Crippen LogP contribution in [0.5, 0.6) is 0 Å². The van der Waals surface area contributed by atoms with Gasteiger partial charge in [-0.05, 0) is 50.8 Å². The third-order valence-corrected chi connectivity index (χ3v) is 8.19. The fourth-order valence-electron chi connectivity index (χ4n) is 5.96. The molecule has 0 radical (unpaired) electrons. The van der Waals surface area contributed by atoms with Crippen LogP contribution in [0.4, 0.5) is 17.3 Å². The molecular formula is C25H30N10O. The third-order valence-electron chi connectivity index (χ3n) is 8.19. The van der Waals surface area contributed by atoms with Crippen molar-refractivity contribution in [2.45, 2.75) is 44.8 Å². The van der Waals surface area contributed by atoms with Crippen LogP contribution in [0.3, 0.4) is 0 Å². The number of fused-ring (bicyclic) bond motifs is 2. The maximum atomic E-state index is 6.49. The third kappa shape index (κ3) is 3.37. The zero-order valence-electron chi connectivity index (χ0n) is 20.3. The zero-order valence-corrected chi connectivity index (χ0v) is 20.3. The highest BCUT2D eigenvalue weighted by molar-refractivity contribution is 5.87. The van der Waals surface area contributed by atoms with Gasteiger partial charge < -0.3 is 20.3 Å². The Morgan fingerprint density at radius 3 is 2.81 bits per heavy atom. The summed E-state index contributed by atoms with van der Waals surface area (Å²) in [5.74, 6) is 2.48. The first-order chi connectivity index (χ1) is 17.6. The van der Waals surface area contributed by atoms with Crippen LogP contribution in [0.25, 0.3) is 17.0 Å². The Balaban J connectivity index is 1.14. The Bertz CT molecular complexity index is 1390. The SMILES string of the molecule is C[C@@H]1OCC2(CCN(c3cnc4c(N5CCCc6nc(-n7cccn7)ccc65)n[nH]c4n3)CC2)[C@@H]1N. The fourth-order valence-corrected chi connectivity index (χ4v) is 5.96. The smallest absolute Gasteiger partial charge is 0.183 e. The van der Waals surface area contributed by atoms with Gasteiger partial charge in [0.2, 0.25) is 0 Å². The predicted octanol–water partition coefficient (Wildman–Crippen LogP) is 2.35. The quantitative estimate of drug-likeness (QED) is 0.448. The normalized spacial score (nSPS) is 23.5. The van der Waals surface area contributed by atoms with Gasteiger partial charge in [0.1, 0.15) is 5.82 Å². The van der Waals surface area contributed by atoms with Gasteiger partial charge in [0, 0.05) is 43.5 Å². The van der Waals surface area contributed by atoms with Crippen LogP contribution < -0.4 is 15.5 Å². The van der Waals surface area contributed by atoms with Crippen molar-refractivity contribution in [3.63, 3.8) is 0 Å². The highest BCUT2D eigenvalue weighted by Gasteiger charge is 2.47. The van der Waals surface area contributed by atoms with Crippen molar-refractivity contribution >= 4 is 28.5 Å². The number of aromatic nitrogens is 7. The number of H-pyrrole nitrogens is 1. The van der Waals surface area contributed by atoms with E-state index >= 15 is 0 Å². The number of nitrogens with one attached hydrogen (secondary N) is 1. The molecule has 0 unspecified atom stereocenters. The number of nitrogens with zero attached hydrogens (tertiary/aromatic N) is 8. The standard InChI is InChI=1S/C25H30N10O/c1-16-22(26)25(15-36-16)7-12-33(13-8-25)20-14-27-21-23(30-20)31-32-24(21)34-10-2-4-17-18(34)5-6-19(29-17)35-11-3-9-28-35/h3,5-6,9,11,14,16,22H,2,4,7-8,10,12-13,15,26H2,1H3,(H,30,31,32)/t16-,22+/m0/s1. The van der Waals surface area contributed by atoms with E-state index in [1.807, 2.05) is 24.5 Å². The van der Waals surface area contributed by atoms with E-state index in [0.29, 0.717) is 5.65 Å². The van der Waals surface area contributed by atoms with Gasteiger partial charge in [-0.25, -0.2) is 19.6 Å². The molecule has 7 heterocycles. The molecule has 4 aromatic heterocycles. The summed E-state index contributed by atoms with van der Waals surface area (Å²) in [6.45, 7) is 5.49. The lowest BCUT2D eigenvalue weighted by atomic mass is 9.73. The molecule has 3 N–H and O–H groups in total. The number of anilines is 3. The van der Waals surface area contributed by atoms with Gasteiger partial charge in [-0.15, -0.1) is 0 Å². The minimum absolute atomic E-state index is 0.0849. The van der Waals surface area contributed by atoms with Crippen LogP contribution in [0.1, 0.15) is 31.9 Å². The molecular weight excluding hydrogens is 456 g/mol. The number of ether oxygens (including phenoxy) is 1. The van der Waals surface area contributed by atoms with Gasteiger partial charge in [-0.1, -0.05) is 0 Å². The Morgan fingerprint density at radius 2 is 2.03 bits per heavy atom. The number of aryl methyl sites for hydroxylation is 1. The predicted molar refractivity (Wildman–Crippen MR) is 136 cm³/mol. The summed E-state index contributed by atoms with van der Waals surface area (Å²) >= 11 is 0. The number of pyridine rings is 1. The second-order valence-corrected chi connectivity index (χ2v) is 10.2. The monoisotopic (exact) mass is 486 g/mol. The molecule has 1 spiro atoms. The van der Waals surface area contributed by atoms with Crippen molar-refractivity contribution < 1.29 is 4.74 Å². The molecule has 3 aliphatic heterocycles. The fraction of sp³-hybridized carbons (Fsp3) is 0.480. The lowest BCUT2D eigenvalue weighted by molar-refractivity contribution is 0.0974. The molecule has 2 saturated heterocycles. The van der Waals surface area contributed by atoms with Crippen LogP contribution in [0.2, 0.25) is 0 Å². The second kappa shape index (κ2) is 8.24. The molecule has 0 aliphatic carbocycles. The maximum Gasteiger partial charge on any atom is 0.183 e. The molecule has 11 heteroatoms. The van der Waals surface area contributed by atoms with Gasteiger partial charge in [0.05, 0.1) is 30.3 Å². The van der Waals surface area contributed by atoms with Crippen molar-refractivity contribution in [3.05, 3.63) is 42.5 Å². The number of piperidine rings is 1. The lowest BCUT2D eigenvalue weighted by Gasteiger charge is -2.41. The van der Waals surface area contributed by atoms with E-state index in [1.54, 1.807) is 10.9 Å². The Morgan fingerprint density at radius 1 is 1.14 bits per heavy atom. The second-order valence-electron chi connectivity index (χ2n) is 10.2.